The molecule has 0 heterocycles. The zero-order valence-electron chi connectivity index (χ0n) is 8.04. The van der Waals surface area contributed by atoms with E-state index in [1.165, 1.54) is 6.42 Å². The van der Waals surface area contributed by atoms with Crippen molar-refractivity contribution >= 4 is 12.6 Å². The minimum atomic E-state index is 0.612. The Bertz CT molecular complexity index is 129. The molecule has 0 saturated heterocycles. The molecule has 1 aliphatic carbocycles. The highest BCUT2D eigenvalue weighted by atomic mass is 32.1. The van der Waals surface area contributed by atoms with E-state index in [1.807, 2.05) is 0 Å². The third kappa shape index (κ3) is 2.14. The Morgan fingerprint density at radius 1 is 1.09 bits per heavy atom. The van der Waals surface area contributed by atoms with Crippen LogP contribution in [-0.2, 0) is 0 Å². The summed E-state index contributed by atoms with van der Waals surface area (Å²) in [6.07, 6.45) is 1.42. The first-order chi connectivity index (χ1) is 5.04. The van der Waals surface area contributed by atoms with E-state index in [1.54, 1.807) is 0 Å². The molecule has 0 radical (unpaired) electrons. The highest BCUT2D eigenvalue weighted by molar-refractivity contribution is 7.80. The topological polar surface area (TPSA) is 0 Å². The lowest BCUT2D eigenvalue weighted by Crippen LogP contribution is -2.09. The van der Waals surface area contributed by atoms with Crippen LogP contribution in [0.15, 0.2) is 0 Å². The Labute approximate surface area is 76.2 Å². The Kier molecular flexibility index (Phi) is 2.90. The Hall–Kier alpha value is 0.350. The van der Waals surface area contributed by atoms with Crippen LogP contribution in [0.25, 0.3) is 0 Å². The van der Waals surface area contributed by atoms with Crippen LogP contribution < -0.4 is 0 Å². The summed E-state index contributed by atoms with van der Waals surface area (Å²) in [7, 11) is 0. The van der Waals surface area contributed by atoms with Crippen molar-refractivity contribution < 1.29 is 0 Å². The standard InChI is InChI=1S/C10H20S/c1-6(2)7(3)9-5-10(9)8(4)11/h6-11H,5H2,1-4H3. The van der Waals surface area contributed by atoms with Gasteiger partial charge in [0, 0.05) is 5.25 Å². The average molecular weight is 172 g/mol. The molecular weight excluding hydrogens is 152 g/mol. The molecule has 0 nitrogen and oxygen atoms in total. The van der Waals surface area contributed by atoms with E-state index in [9.17, 15) is 0 Å². The van der Waals surface area contributed by atoms with Crippen LogP contribution in [0.5, 0.6) is 0 Å². The summed E-state index contributed by atoms with van der Waals surface area (Å²) in [4.78, 5) is 0. The van der Waals surface area contributed by atoms with Gasteiger partial charge in [-0.2, -0.15) is 12.6 Å². The fraction of sp³-hybridized carbons (Fsp3) is 1.00. The molecule has 4 unspecified atom stereocenters. The first kappa shape index (κ1) is 9.44. The largest absolute Gasteiger partial charge is 0.176 e. The minimum Gasteiger partial charge on any atom is -0.176 e. The molecule has 1 heteroatoms. The summed E-state index contributed by atoms with van der Waals surface area (Å²) in [5.41, 5.74) is 0. The van der Waals surface area contributed by atoms with Crippen LogP contribution in [0.4, 0.5) is 0 Å². The second-order valence-electron chi connectivity index (χ2n) is 4.41. The van der Waals surface area contributed by atoms with Crippen LogP contribution in [0.2, 0.25) is 0 Å². The molecule has 0 aromatic heterocycles. The molecule has 1 rings (SSSR count). The maximum Gasteiger partial charge on any atom is 0.00195 e. The maximum absolute atomic E-state index is 4.48. The second-order valence-corrected chi connectivity index (χ2v) is 5.22. The van der Waals surface area contributed by atoms with Gasteiger partial charge in [0.15, 0.2) is 0 Å². The molecule has 1 fully saturated rings. The number of thiol groups is 1. The molecule has 1 saturated carbocycles. The number of rotatable bonds is 3. The van der Waals surface area contributed by atoms with Gasteiger partial charge in [0.1, 0.15) is 0 Å². The Balaban J connectivity index is 2.31. The van der Waals surface area contributed by atoms with E-state index in [-0.39, 0.29) is 0 Å². The molecule has 0 aromatic carbocycles. The molecule has 0 aliphatic heterocycles. The predicted molar refractivity (Wildman–Crippen MR) is 54.0 cm³/mol. The summed E-state index contributed by atoms with van der Waals surface area (Å²) in [6.45, 7) is 9.25. The van der Waals surface area contributed by atoms with Crippen molar-refractivity contribution in [3.63, 3.8) is 0 Å². The van der Waals surface area contributed by atoms with E-state index in [0.29, 0.717) is 5.25 Å². The molecule has 4 atom stereocenters. The fourth-order valence-corrected chi connectivity index (χ4v) is 2.23. The molecule has 66 valence electrons. The van der Waals surface area contributed by atoms with Crippen LogP contribution in [0.3, 0.4) is 0 Å². The number of hydrogen-bond donors (Lipinski definition) is 1. The van der Waals surface area contributed by atoms with Crippen molar-refractivity contribution in [3.8, 4) is 0 Å². The van der Waals surface area contributed by atoms with E-state index < -0.39 is 0 Å². The van der Waals surface area contributed by atoms with Gasteiger partial charge in [-0.3, -0.25) is 0 Å². The summed E-state index contributed by atoms with van der Waals surface area (Å²) in [5, 5.41) is 0.612. The maximum atomic E-state index is 4.48. The zero-order valence-corrected chi connectivity index (χ0v) is 8.94. The quantitative estimate of drug-likeness (QED) is 0.621. The van der Waals surface area contributed by atoms with Crippen molar-refractivity contribution in [2.24, 2.45) is 23.7 Å². The summed E-state index contributed by atoms with van der Waals surface area (Å²) >= 11 is 4.48. The highest BCUT2D eigenvalue weighted by Gasteiger charge is 2.43. The van der Waals surface area contributed by atoms with Gasteiger partial charge in [-0.25, -0.2) is 0 Å². The van der Waals surface area contributed by atoms with Gasteiger partial charge in [0.05, 0.1) is 0 Å². The smallest absolute Gasteiger partial charge is 0.00195 e. The first-order valence-electron chi connectivity index (χ1n) is 4.72. The van der Waals surface area contributed by atoms with Gasteiger partial charge >= 0.3 is 0 Å². The van der Waals surface area contributed by atoms with Crippen molar-refractivity contribution in [1.29, 1.82) is 0 Å². The van der Waals surface area contributed by atoms with Gasteiger partial charge in [0.25, 0.3) is 0 Å². The van der Waals surface area contributed by atoms with Gasteiger partial charge in [-0.15, -0.1) is 0 Å². The van der Waals surface area contributed by atoms with E-state index in [0.717, 1.165) is 23.7 Å². The minimum absolute atomic E-state index is 0.612. The summed E-state index contributed by atoms with van der Waals surface area (Å²) in [5.74, 6) is 3.63. The molecule has 1 aliphatic rings. The Morgan fingerprint density at radius 3 is 1.91 bits per heavy atom. The first-order valence-corrected chi connectivity index (χ1v) is 5.23. The van der Waals surface area contributed by atoms with Gasteiger partial charge in [0.2, 0.25) is 0 Å². The second kappa shape index (κ2) is 3.38. The normalized spacial score (nSPS) is 35.5. The van der Waals surface area contributed by atoms with E-state index in [4.69, 9.17) is 0 Å². The number of hydrogen-bond acceptors (Lipinski definition) is 1. The SMILES string of the molecule is CC(C)C(C)C1CC1C(C)S. The summed E-state index contributed by atoms with van der Waals surface area (Å²) in [6, 6.07) is 0. The third-order valence-electron chi connectivity index (χ3n) is 3.24. The van der Waals surface area contributed by atoms with E-state index in [2.05, 4.69) is 40.3 Å². The molecule has 0 aromatic rings. The lowest BCUT2D eigenvalue weighted by molar-refractivity contribution is 0.354. The molecular formula is C10H20S. The van der Waals surface area contributed by atoms with Crippen LogP contribution in [-0.4, -0.2) is 5.25 Å². The van der Waals surface area contributed by atoms with Crippen molar-refractivity contribution in [2.45, 2.75) is 39.4 Å². The monoisotopic (exact) mass is 172 g/mol. The van der Waals surface area contributed by atoms with Crippen LogP contribution in [0, 0.1) is 23.7 Å². The molecule has 0 bridgehead atoms. The molecule has 0 N–H and O–H groups in total. The van der Waals surface area contributed by atoms with Gasteiger partial charge < -0.3 is 0 Å². The Morgan fingerprint density at radius 2 is 1.64 bits per heavy atom. The van der Waals surface area contributed by atoms with Crippen LogP contribution >= 0.6 is 12.6 Å². The van der Waals surface area contributed by atoms with E-state index >= 15 is 0 Å². The fourth-order valence-electron chi connectivity index (χ4n) is 1.89. The van der Waals surface area contributed by atoms with Crippen LogP contribution in [0.1, 0.15) is 34.1 Å². The van der Waals surface area contributed by atoms with Gasteiger partial charge in [-0.1, -0.05) is 27.7 Å². The predicted octanol–water partition coefficient (Wildman–Crippen LogP) is 3.23. The molecule has 11 heavy (non-hydrogen) atoms. The van der Waals surface area contributed by atoms with Crippen molar-refractivity contribution in [3.05, 3.63) is 0 Å². The lowest BCUT2D eigenvalue weighted by Gasteiger charge is -2.15. The molecule has 0 amide bonds. The summed E-state index contributed by atoms with van der Waals surface area (Å²) < 4.78 is 0. The third-order valence-corrected chi connectivity index (χ3v) is 3.62. The molecule has 0 spiro atoms. The zero-order chi connectivity index (χ0) is 8.59. The van der Waals surface area contributed by atoms with Gasteiger partial charge in [-0.05, 0) is 30.1 Å². The lowest BCUT2D eigenvalue weighted by atomic mass is 9.92. The van der Waals surface area contributed by atoms with Crippen molar-refractivity contribution in [1.82, 2.24) is 0 Å². The highest BCUT2D eigenvalue weighted by Crippen LogP contribution is 2.49. The average Bonchev–Trinajstić information content (AvgIpc) is 2.63. The van der Waals surface area contributed by atoms with Crippen molar-refractivity contribution in [2.75, 3.05) is 0 Å².